The van der Waals surface area contributed by atoms with Gasteiger partial charge < -0.3 is 15.5 Å². The van der Waals surface area contributed by atoms with Crippen molar-refractivity contribution in [2.24, 2.45) is 0 Å². The van der Waals surface area contributed by atoms with Crippen molar-refractivity contribution in [1.82, 2.24) is 5.32 Å². The fourth-order valence-electron chi connectivity index (χ4n) is 1.78. The van der Waals surface area contributed by atoms with Gasteiger partial charge in [0.1, 0.15) is 5.75 Å². The fraction of sp³-hybridized carbons (Fsp3) is 0.167. The predicted octanol–water partition coefficient (Wildman–Crippen LogP) is 0.931. The Hall–Kier alpha value is -2.50. The lowest BCUT2D eigenvalue weighted by molar-refractivity contribution is -0.132. The molecule has 1 aromatic rings. The number of anilines is 1. The number of phenolic OH excluding ortho intramolecular Hbond substituents is 1. The van der Waals surface area contributed by atoms with Crippen LogP contribution in [0.1, 0.15) is 0 Å². The number of para-hydroxylation sites is 2. The standard InChI is InChI=1S/C12H12N2O4/c1-7(11(16)17)8-6-14(12(18)13-8)9-4-2-3-5-10(9)15/h2-5,8,15H,1,6H2,(H,13,18)(H,16,17). The van der Waals surface area contributed by atoms with Crippen molar-refractivity contribution < 1.29 is 19.8 Å². The van der Waals surface area contributed by atoms with E-state index < -0.39 is 18.0 Å². The third-order valence-corrected chi connectivity index (χ3v) is 2.78. The first-order valence-electron chi connectivity index (χ1n) is 5.29. The van der Waals surface area contributed by atoms with Crippen molar-refractivity contribution in [1.29, 1.82) is 0 Å². The number of hydrogen-bond donors (Lipinski definition) is 3. The number of aliphatic carboxylic acids is 1. The SMILES string of the molecule is C=C(C(=O)O)C1CN(c2ccccc2O)C(=O)N1. The Morgan fingerprint density at radius 2 is 2.11 bits per heavy atom. The second kappa shape index (κ2) is 4.40. The van der Waals surface area contributed by atoms with Gasteiger partial charge in [-0.25, -0.2) is 9.59 Å². The molecule has 1 unspecified atom stereocenters. The van der Waals surface area contributed by atoms with Crippen molar-refractivity contribution in [3.8, 4) is 5.75 Å². The van der Waals surface area contributed by atoms with Gasteiger partial charge in [-0.15, -0.1) is 0 Å². The molecule has 0 saturated carbocycles. The normalized spacial score (nSPS) is 18.6. The second-order valence-corrected chi connectivity index (χ2v) is 3.93. The Balaban J connectivity index is 2.23. The van der Waals surface area contributed by atoms with E-state index in [1.807, 2.05) is 0 Å². The van der Waals surface area contributed by atoms with E-state index in [2.05, 4.69) is 11.9 Å². The molecule has 0 bridgehead atoms. The van der Waals surface area contributed by atoms with Gasteiger partial charge in [-0.3, -0.25) is 4.90 Å². The van der Waals surface area contributed by atoms with E-state index in [0.717, 1.165) is 0 Å². The Morgan fingerprint density at radius 3 is 2.72 bits per heavy atom. The van der Waals surface area contributed by atoms with Crippen LogP contribution in [0.5, 0.6) is 5.75 Å². The number of phenols is 1. The fourth-order valence-corrected chi connectivity index (χ4v) is 1.78. The van der Waals surface area contributed by atoms with Gasteiger partial charge in [0.25, 0.3) is 0 Å². The maximum atomic E-state index is 11.7. The number of aromatic hydroxyl groups is 1. The summed E-state index contributed by atoms with van der Waals surface area (Å²) in [6.45, 7) is 3.54. The molecule has 0 radical (unpaired) electrons. The molecule has 6 heteroatoms. The summed E-state index contributed by atoms with van der Waals surface area (Å²) >= 11 is 0. The Morgan fingerprint density at radius 1 is 1.44 bits per heavy atom. The van der Waals surface area contributed by atoms with Crippen LogP contribution in [0.2, 0.25) is 0 Å². The van der Waals surface area contributed by atoms with Gasteiger partial charge >= 0.3 is 12.0 Å². The van der Waals surface area contributed by atoms with Gasteiger partial charge in [0, 0.05) is 0 Å². The summed E-state index contributed by atoms with van der Waals surface area (Å²) in [5, 5.41) is 21.0. The van der Waals surface area contributed by atoms with E-state index in [1.54, 1.807) is 18.2 Å². The zero-order valence-electron chi connectivity index (χ0n) is 9.46. The lowest BCUT2D eigenvalue weighted by Crippen LogP contribution is -2.31. The Bertz CT molecular complexity index is 527. The van der Waals surface area contributed by atoms with Crippen LogP contribution in [-0.2, 0) is 4.79 Å². The van der Waals surface area contributed by atoms with E-state index in [4.69, 9.17) is 5.11 Å². The number of hydrogen-bond acceptors (Lipinski definition) is 3. The van der Waals surface area contributed by atoms with Gasteiger partial charge in [-0.1, -0.05) is 18.7 Å². The first kappa shape index (κ1) is 12.0. The molecule has 1 aromatic carbocycles. The average Bonchev–Trinajstić information content (AvgIpc) is 2.71. The minimum atomic E-state index is -1.15. The number of nitrogens with one attached hydrogen (secondary N) is 1. The zero-order chi connectivity index (χ0) is 13.3. The van der Waals surface area contributed by atoms with Crippen molar-refractivity contribution in [3.63, 3.8) is 0 Å². The number of carbonyl (C=O) groups excluding carboxylic acids is 1. The first-order chi connectivity index (χ1) is 8.50. The highest BCUT2D eigenvalue weighted by atomic mass is 16.4. The van der Waals surface area contributed by atoms with Crippen LogP contribution in [0.15, 0.2) is 36.4 Å². The summed E-state index contributed by atoms with van der Waals surface area (Å²) < 4.78 is 0. The Labute approximate surface area is 103 Å². The molecule has 1 aliphatic rings. The molecule has 6 nitrogen and oxygen atoms in total. The van der Waals surface area contributed by atoms with Crippen LogP contribution in [0, 0.1) is 0 Å². The molecule has 1 fully saturated rings. The molecule has 1 saturated heterocycles. The van der Waals surface area contributed by atoms with Crippen LogP contribution < -0.4 is 10.2 Å². The predicted molar refractivity (Wildman–Crippen MR) is 64.5 cm³/mol. The number of carbonyl (C=O) groups is 2. The van der Waals surface area contributed by atoms with Crippen LogP contribution in [-0.4, -0.2) is 34.8 Å². The van der Waals surface area contributed by atoms with Gasteiger partial charge in [0.2, 0.25) is 0 Å². The van der Waals surface area contributed by atoms with Crippen LogP contribution >= 0.6 is 0 Å². The molecule has 1 aliphatic heterocycles. The molecule has 1 heterocycles. The molecule has 0 aliphatic carbocycles. The van der Waals surface area contributed by atoms with Gasteiger partial charge in [-0.05, 0) is 12.1 Å². The Kier molecular flexibility index (Phi) is 2.93. The molecular formula is C12H12N2O4. The number of carboxylic acids is 1. The molecule has 94 valence electrons. The summed E-state index contributed by atoms with van der Waals surface area (Å²) in [5.74, 6) is -1.19. The molecule has 0 spiro atoms. The molecule has 3 N–H and O–H groups in total. The number of benzene rings is 1. The molecule has 1 atom stereocenters. The third-order valence-electron chi connectivity index (χ3n) is 2.78. The summed E-state index contributed by atoms with van der Waals surface area (Å²) in [6, 6.07) is 5.25. The molecule has 2 amide bonds. The lowest BCUT2D eigenvalue weighted by Gasteiger charge is -2.15. The molecule has 0 aromatic heterocycles. The number of nitrogens with zero attached hydrogens (tertiary/aromatic N) is 1. The van der Waals surface area contributed by atoms with Crippen molar-refractivity contribution in [2.45, 2.75) is 6.04 Å². The number of urea groups is 1. The van der Waals surface area contributed by atoms with E-state index >= 15 is 0 Å². The quantitative estimate of drug-likeness (QED) is 0.694. The van der Waals surface area contributed by atoms with E-state index in [1.165, 1.54) is 11.0 Å². The summed E-state index contributed by atoms with van der Waals surface area (Å²) in [4.78, 5) is 23.8. The summed E-state index contributed by atoms with van der Waals surface area (Å²) in [7, 11) is 0. The van der Waals surface area contributed by atoms with Crippen molar-refractivity contribution in [2.75, 3.05) is 11.4 Å². The van der Waals surface area contributed by atoms with Gasteiger partial charge in [-0.2, -0.15) is 0 Å². The third kappa shape index (κ3) is 2.00. The number of amides is 2. The van der Waals surface area contributed by atoms with Crippen LogP contribution in [0.3, 0.4) is 0 Å². The average molecular weight is 248 g/mol. The maximum absolute atomic E-state index is 11.7. The minimum Gasteiger partial charge on any atom is -0.506 e. The van der Waals surface area contributed by atoms with E-state index in [9.17, 15) is 14.7 Å². The van der Waals surface area contributed by atoms with Crippen LogP contribution in [0.4, 0.5) is 10.5 Å². The van der Waals surface area contributed by atoms with Crippen LogP contribution in [0.25, 0.3) is 0 Å². The second-order valence-electron chi connectivity index (χ2n) is 3.93. The summed E-state index contributed by atoms with van der Waals surface area (Å²) in [5.41, 5.74) is 0.261. The molecular weight excluding hydrogens is 236 g/mol. The number of rotatable bonds is 3. The highest BCUT2D eigenvalue weighted by Crippen LogP contribution is 2.29. The van der Waals surface area contributed by atoms with Crippen molar-refractivity contribution in [3.05, 3.63) is 36.4 Å². The topological polar surface area (TPSA) is 89.9 Å². The lowest BCUT2D eigenvalue weighted by atomic mass is 10.1. The highest BCUT2D eigenvalue weighted by molar-refractivity contribution is 5.98. The highest BCUT2D eigenvalue weighted by Gasteiger charge is 2.34. The van der Waals surface area contributed by atoms with Gasteiger partial charge in [0.15, 0.2) is 0 Å². The maximum Gasteiger partial charge on any atom is 0.333 e. The van der Waals surface area contributed by atoms with E-state index in [-0.39, 0.29) is 17.9 Å². The first-order valence-corrected chi connectivity index (χ1v) is 5.29. The number of carboxylic acid groups (broad SMARTS) is 1. The van der Waals surface area contributed by atoms with E-state index in [0.29, 0.717) is 5.69 Å². The largest absolute Gasteiger partial charge is 0.506 e. The minimum absolute atomic E-state index is 0.0331. The monoisotopic (exact) mass is 248 g/mol. The molecule has 2 rings (SSSR count). The summed E-state index contributed by atoms with van der Waals surface area (Å²) in [6.07, 6.45) is 0. The van der Waals surface area contributed by atoms with Crippen molar-refractivity contribution >= 4 is 17.7 Å². The molecule has 18 heavy (non-hydrogen) atoms. The zero-order valence-corrected chi connectivity index (χ0v) is 9.46. The van der Waals surface area contributed by atoms with Gasteiger partial charge in [0.05, 0.1) is 23.8 Å². The smallest absolute Gasteiger partial charge is 0.333 e.